The molecule has 0 bridgehead atoms. The molecule has 0 saturated heterocycles. The lowest BCUT2D eigenvalue weighted by atomic mass is 9.98. The van der Waals surface area contributed by atoms with Crippen LogP contribution in [0, 0.1) is 13.8 Å². The predicted octanol–water partition coefficient (Wildman–Crippen LogP) is 6.99. The molecule has 1 unspecified atom stereocenters. The van der Waals surface area contributed by atoms with Crippen molar-refractivity contribution in [2.24, 2.45) is 0 Å². The number of rotatable bonds is 7. The maximum Gasteiger partial charge on any atom is 0.291 e. The topological polar surface area (TPSA) is 59.8 Å². The molecule has 36 heavy (non-hydrogen) atoms. The summed E-state index contributed by atoms with van der Waals surface area (Å²) in [5, 5.41) is 0.861. The van der Waals surface area contributed by atoms with Crippen molar-refractivity contribution in [3.05, 3.63) is 109 Å². The second-order valence-electron chi connectivity index (χ2n) is 9.36. The third-order valence-electron chi connectivity index (χ3n) is 6.68. The van der Waals surface area contributed by atoms with Gasteiger partial charge in [0.1, 0.15) is 11.3 Å². The molecule has 0 N–H and O–H groups in total. The summed E-state index contributed by atoms with van der Waals surface area (Å²) in [4.78, 5) is 29.2. The largest absolute Gasteiger partial charge is 0.494 e. The van der Waals surface area contributed by atoms with Crippen molar-refractivity contribution in [3.8, 4) is 5.75 Å². The van der Waals surface area contributed by atoms with E-state index in [2.05, 4.69) is 6.92 Å². The highest BCUT2D eigenvalue weighted by atomic mass is 35.5. The molecule has 4 aromatic rings. The van der Waals surface area contributed by atoms with E-state index in [4.69, 9.17) is 20.8 Å². The van der Waals surface area contributed by atoms with Crippen LogP contribution in [0.25, 0.3) is 11.0 Å². The summed E-state index contributed by atoms with van der Waals surface area (Å²) in [5.41, 5.74) is 4.19. The molecule has 0 spiro atoms. The lowest BCUT2D eigenvalue weighted by Crippen LogP contribution is -2.29. The fourth-order valence-electron chi connectivity index (χ4n) is 4.62. The van der Waals surface area contributed by atoms with Crippen LogP contribution in [-0.4, -0.2) is 17.4 Å². The van der Waals surface area contributed by atoms with Gasteiger partial charge in [-0.05, 0) is 61.2 Å². The van der Waals surface area contributed by atoms with Crippen molar-refractivity contribution in [2.75, 3.05) is 6.61 Å². The predicted molar refractivity (Wildman–Crippen MR) is 142 cm³/mol. The van der Waals surface area contributed by atoms with Gasteiger partial charge in [-0.2, -0.15) is 0 Å². The molecule has 1 atom stereocenters. The van der Waals surface area contributed by atoms with Gasteiger partial charge < -0.3 is 14.1 Å². The van der Waals surface area contributed by atoms with Crippen LogP contribution in [0.1, 0.15) is 64.2 Å². The van der Waals surface area contributed by atoms with Crippen molar-refractivity contribution in [1.82, 2.24) is 4.90 Å². The minimum atomic E-state index is -0.584. The van der Waals surface area contributed by atoms with Crippen LogP contribution >= 0.6 is 11.6 Å². The highest BCUT2D eigenvalue weighted by molar-refractivity contribution is 6.32. The van der Waals surface area contributed by atoms with Crippen LogP contribution in [0.15, 0.2) is 69.9 Å². The van der Waals surface area contributed by atoms with Gasteiger partial charge in [-0.25, -0.2) is 0 Å². The third kappa shape index (κ3) is 4.40. The number of aryl methyl sites for hydroxylation is 2. The van der Waals surface area contributed by atoms with E-state index in [9.17, 15) is 9.59 Å². The molecule has 3 aromatic carbocycles. The molecule has 0 fully saturated rings. The van der Waals surface area contributed by atoms with Gasteiger partial charge in [-0.1, -0.05) is 66.9 Å². The van der Waals surface area contributed by atoms with Crippen molar-refractivity contribution in [1.29, 1.82) is 0 Å². The molecule has 1 aliphatic rings. The summed E-state index contributed by atoms with van der Waals surface area (Å²) < 4.78 is 11.9. The Hall–Kier alpha value is -3.57. The monoisotopic (exact) mass is 501 g/mol. The zero-order valence-corrected chi connectivity index (χ0v) is 21.4. The lowest BCUT2D eigenvalue weighted by molar-refractivity contribution is 0.0714. The minimum Gasteiger partial charge on any atom is -0.494 e. The fourth-order valence-corrected chi connectivity index (χ4v) is 4.79. The maximum atomic E-state index is 13.8. The first-order valence-corrected chi connectivity index (χ1v) is 12.6. The van der Waals surface area contributed by atoms with E-state index in [1.807, 2.05) is 62.4 Å². The Balaban J connectivity index is 1.62. The number of halogens is 1. The van der Waals surface area contributed by atoms with Gasteiger partial charge in [0.15, 0.2) is 5.43 Å². The molecule has 5 rings (SSSR count). The number of benzene rings is 3. The summed E-state index contributed by atoms with van der Waals surface area (Å²) in [5.74, 6) is 0.551. The van der Waals surface area contributed by atoms with E-state index in [1.165, 1.54) is 0 Å². The van der Waals surface area contributed by atoms with Gasteiger partial charge in [0.05, 0.1) is 23.6 Å². The Bertz CT molecular complexity index is 1490. The molecular weight excluding hydrogens is 474 g/mol. The first-order valence-electron chi connectivity index (χ1n) is 12.2. The minimum absolute atomic E-state index is 0.0922. The Morgan fingerprint density at radius 2 is 1.72 bits per heavy atom. The van der Waals surface area contributed by atoms with Crippen molar-refractivity contribution in [3.63, 3.8) is 0 Å². The summed E-state index contributed by atoms with van der Waals surface area (Å²) in [6, 6.07) is 18.4. The molecule has 6 heteroatoms. The SMILES string of the molecule is CCCCOc1ccc(C2c3c(oc4cc(C)c(Cl)cc4c3=O)C(=O)N2Cc2ccc(C)cc2)cc1. The van der Waals surface area contributed by atoms with E-state index in [0.29, 0.717) is 34.7 Å². The maximum absolute atomic E-state index is 13.8. The molecule has 184 valence electrons. The van der Waals surface area contributed by atoms with Gasteiger partial charge in [0.25, 0.3) is 5.91 Å². The van der Waals surface area contributed by atoms with E-state index in [-0.39, 0.29) is 17.1 Å². The number of amides is 1. The summed E-state index contributed by atoms with van der Waals surface area (Å²) >= 11 is 6.34. The van der Waals surface area contributed by atoms with Crippen molar-refractivity contribution < 1.29 is 13.9 Å². The van der Waals surface area contributed by atoms with Crippen LogP contribution in [0.3, 0.4) is 0 Å². The second kappa shape index (κ2) is 9.82. The molecule has 2 heterocycles. The van der Waals surface area contributed by atoms with E-state index in [0.717, 1.165) is 40.8 Å². The normalized spacial score (nSPS) is 14.9. The molecule has 0 aliphatic carbocycles. The highest BCUT2D eigenvalue weighted by Gasteiger charge is 2.42. The molecule has 1 aromatic heterocycles. The van der Waals surface area contributed by atoms with Crippen LogP contribution in [0.2, 0.25) is 5.02 Å². The molecule has 0 saturated carbocycles. The first-order chi connectivity index (χ1) is 17.4. The fraction of sp³-hybridized carbons (Fsp3) is 0.267. The zero-order valence-electron chi connectivity index (χ0n) is 20.6. The number of carbonyl (C=O) groups is 1. The quantitative estimate of drug-likeness (QED) is 0.256. The average Bonchev–Trinajstić information content (AvgIpc) is 3.14. The summed E-state index contributed by atoms with van der Waals surface area (Å²) in [6.45, 7) is 6.98. The van der Waals surface area contributed by atoms with Gasteiger partial charge in [0.2, 0.25) is 5.76 Å². The zero-order chi connectivity index (χ0) is 25.4. The Kier molecular flexibility index (Phi) is 6.59. The highest BCUT2D eigenvalue weighted by Crippen LogP contribution is 2.40. The Morgan fingerprint density at radius 1 is 1.00 bits per heavy atom. The van der Waals surface area contributed by atoms with Crippen LogP contribution < -0.4 is 10.2 Å². The number of hydrogen-bond acceptors (Lipinski definition) is 4. The third-order valence-corrected chi connectivity index (χ3v) is 7.09. The lowest BCUT2D eigenvalue weighted by Gasteiger charge is -2.25. The average molecular weight is 502 g/mol. The van der Waals surface area contributed by atoms with Crippen LogP contribution in [0.5, 0.6) is 5.75 Å². The summed E-state index contributed by atoms with van der Waals surface area (Å²) in [6.07, 6.45) is 2.03. The second-order valence-corrected chi connectivity index (χ2v) is 9.77. The van der Waals surface area contributed by atoms with Gasteiger partial charge in [-0.15, -0.1) is 0 Å². The molecule has 0 radical (unpaired) electrons. The number of fused-ring (bicyclic) bond motifs is 2. The van der Waals surface area contributed by atoms with E-state index < -0.39 is 6.04 Å². The van der Waals surface area contributed by atoms with Crippen LogP contribution in [0.4, 0.5) is 0 Å². The smallest absolute Gasteiger partial charge is 0.291 e. The van der Waals surface area contributed by atoms with Crippen molar-refractivity contribution in [2.45, 2.75) is 46.2 Å². The number of unbranched alkanes of at least 4 members (excludes halogenated alkanes) is 1. The Labute approximate surface area is 215 Å². The standard InChI is InChI=1S/C30H28ClNO4/c1-4-5-14-35-22-12-10-21(11-13-22)27-26-28(33)23-16-24(31)19(3)15-25(23)36-29(26)30(34)32(27)17-20-8-6-18(2)7-9-20/h6-13,15-16,27H,4-5,14,17H2,1-3H3. The molecule has 1 amide bonds. The van der Waals surface area contributed by atoms with E-state index in [1.54, 1.807) is 17.0 Å². The molecule has 1 aliphatic heterocycles. The number of carbonyl (C=O) groups excluding carboxylic acids is 1. The number of ether oxygens (including phenoxy) is 1. The van der Waals surface area contributed by atoms with Gasteiger partial charge >= 0.3 is 0 Å². The van der Waals surface area contributed by atoms with Gasteiger partial charge in [0, 0.05) is 11.6 Å². The van der Waals surface area contributed by atoms with Gasteiger partial charge in [-0.3, -0.25) is 9.59 Å². The first kappa shape index (κ1) is 24.1. The number of hydrogen-bond donors (Lipinski definition) is 0. The number of nitrogens with zero attached hydrogens (tertiary/aromatic N) is 1. The molecular formula is C30H28ClNO4. The van der Waals surface area contributed by atoms with E-state index >= 15 is 0 Å². The summed E-state index contributed by atoms with van der Waals surface area (Å²) in [7, 11) is 0. The Morgan fingerprint density at radius 3 is 2.42 bits per heavy atom. The van der Waals surface area contributed by atoms with Crippen molar-refractivity contribution >= 4 is 28.5 Å². The molecule has 5 nitrogen and oxygen atoms in total. The van der Waals surface area contributed by atoms with Crippen LogP contribution in [-0.2, 0) is 6.54 Å².